The Morgan fingerprint density at radius 3 is 2.82 bits per heavy atom. The molecule has 0 unspecified atom stereocenters. The summed E-state index contributed by atoms with van der Waals surface area (Å²) in [6.07, 6.45) is 3.24. The zero-order valence-electron chi connectivity index (χ0n) is 9.89. The van der Waals surface area contributed by atoms with E-state index >= 15 is 0 Å². The highest BCUT2D eigenvalue weighted by molar-refractivity contribution is 6.29. The van der Waals surface area contributed by atoms with E-state index in [1.54, 1.807) is 6.20 Å². The first kappa shape index (κ1) is 11.9. The Balaban J connectivity index is 2.14. The Hall–Kier alpha value is -1.61. The lowest BCUT2D eigenvalue weighted by Gasteiger charge is -2.18. The van der Waals surface area contributed by atoms with Crippen LogP contribution in [0.4, 0.5) is 5.82 Å². The average molecular weight is 248 g/mol. The second kappa shape index (κ2) is 5.15. The lowest BCUT2D eigenvalue weighted by molar-refractivity contribution is 0.889. The first-order chi connectivity index (χ1) is 8.15. The van der Waals surface area contributed by atoms with Crippen LogP contribution in [0.15, 0.2) is 36.7 Å². The minimum Gasteiger partial charge on any atom is -0.354 e. The van der Waals surface area contributed by atoms with E-state index in [4.69, 9.17) is 11.6 Å². The van der Waals surface area contributed by atoms with Gasteiger partial charge in [-0.2, -0.15) is 0 Å². The molecule has 1 aromatic heterocycles. The van der Waals surface area contributed by atoms with E-state index in [9.17, 15) is 0 Å². The molecule has 3 nitrogen and oxygen atoms in total. The van der Waals surface area contributed by atoms with Crippen LogP contribution in [-0.2, 0) is 6.54 Å². The molecule has 0 aliphatic carbocycles. The van der Waals surface area contributed by atoms with Gasteiger partial charge in [0.1, 0.15) is 11.0 Å². The third-order valence-corrected chi connectivity index (χ3v) is 2.67. The van der Waals surface area contributed by atoms with E-state index in [1.165, 1.54) is 17.3 Å². The minimum absolute atomic E-state index is 0.415. The Bertz CT molecular complexity index is 514. The quantitative estimate of drug-likeness (QED) is 0.835. The van der Waals surface area contributed by atoms with Crippen LogP contribution in [0.1, 0.15) is 11.1 Å². The molecule has 0 aliphatic rings. The fourth-order valence-corrected chi connectivity index (χ4v) is 1.82. The largest absolute Gasteiger partial charge is 0.354 e. The van der Waals surface area contributed by atoms with Crippen LogP contribution >= 0.6 is 11.6 Å². The van der Waals surface area contributed by atoms with Gasteiger partial charge in [-0.25, -0.2) is 4.98 Å². The third kappa shape index (κ3) is 3.17. The highest BCUT2D eigenvalue weighted by Gasteiger charge is 2.04. The molecule has 0 spiro atoms. The van der Waals surface area contributed by atoms with Crippen molar-refractivity contribution in [2.45, 2.75) is 13.5 Å². The summed E-state index contributed by atoms with van der Waals surface area (Å²) < 4.78 is 0. The smallest absolute Gasteiger partial charge is 0.149 e. The molecule has 0 saturated heterocycles. The van der Waals surface area contributed by atoms with Crippen molar-refractivity contribution in [3.63, 3.8) is 0 Å². The van der Waals surface area contributed by atoms with Crippen molar-refractivity contribution >= 4 is 17.4 Å². The summed E-state index contributed by atoms with van der Waals surface area (Å²) in [5.41, 5.74) is 2.50. The van der Waals surface area contributed by atoms with E-state index in [-0.39, 0.29) is 0 Å². The number of nitrogens with zero attached hydrogens (tertiary/aromatic N) is 3. The lowest BCUT2D eigenvalue weighted by atomic mass is 10.1. The summed E-state index contributed by atoms with van der Waals surface area (Å²) in [7, 11) is 1.97. The van der Waals surface area contributed by atoms with Crippen LogP contribution in [0.5, 0.6) is 0 Å². The Kier molecular flexibility index (Phi) is 3.59. The van der Waals surface area contributed by atoms with Crippen LogP contribution in [0.2, 0.25) is 5.15 Å². The molecule has 0 aliphatic heterocycles. The van der Waals surface area contributed by atoms with Gasteiger partial charge in [0.25, 0.3) is 0 Å². The van der Waals surface area contributed by atoms with Crippen molar-refractivity contribution in [3.05, 3.63) is 52.9 Å². The second-order valence-corrected chi connectivity index (χ2v) is 4.43. The fourth-order valence-electron chi connectivity index (χ4n) is 1.68. The molecular weight excluding hydrogens is 234 g/mol. The molecule has 2 aromatic rings. The highest BCUT2D eigenvalue weighted by atomic mass is 35.5. The number of aryl methyl sites for hydroxylation is 1. The highest BCUT2D eigenvalue weighted by Crippen LogP contribution is 2.14. The van der Waals surface area contributed by atoms with Crippen LogP contribution in [0.25, 0.3) is 0 Å². The fraction of sp³-hybridized carbons (Fsp3) is 0.231. The van der Waals surface area contributed by atoms with E-state index in [0.29, 0.717) is 5.15 Å². The standard InChI is InChI=1S/C13H14ClN3/c1-10-4-3-5-11(6-10)9-17(2)13-8-15-7-12(14)16-13/h3-8H,9H2,1-2H3. The van der Waals surface area contributed by atoms with Gasteiger partial charge in [-0.15, -0.1) is 0 Å². The molecular formula is C13H14ClN3. The van der Waals surface area contributed by atoms with Crippen molar-refractivity contribution < 1.29 is 0 Å². The zero-order valence-corrected chi connectivity index (χ0v) is 10.6. The van der Waals surface area contributed by atoms with E-state index in [1.807, 2.05) is 11.9 Å². The molecule has 0 fully saturated rings. The summed E-state index contributed by atoms with van der Waals surface area (Å²) in [6.45, 7) is 2.87. The van der Waals surface area contributed by atoms with Crippen LogP contribution in [0.3, 0.4) is 0 Å². The average Bonchev–Trinajstić information content (AvgIpc) is 2.29. The van der Waals surface area contributed by atoms with Gasteiger partial charge in [0.05, 0.1) is 12.4 Å². The molecule has 1 aromatic carbocycles. The lowest BCUT2D eigenvalue weighted by Crippen LogP contribution is -2.17. The molecule has 0 saturated carbocycles. The number of halogens is 1. The molecule has 0 amide bonds. The molecule has 4 heteroatoms. The molecule has 0 bridgehead atoms. The molecule has 0 N–H and O–H groups in total. The van der Waals surface area contributed by atoms with Gasteiger partial charge in [0.2, 0.25) is 0 Å². The van der Waals surface area contributed by atoms with Crippen molar-refractivity contribution in [1.29, 1.82) is 0 Å². The first-order valence-corrected chi connectivity index (χ1v) is 5.77. The van der Waals surface area contributed by atoms with Gasteiger partial charge in [-0.05, 0) is 12.5 Å². The zero-order chi connectivity index (χ0) is 12.3. The molecule has 88 valence electrons. The van der Waals surface area contributed by atoms with Crippen molar-refractivity contribution in [3.8, 4) is 0 Å². The maximum Gasteiger partial charge on any atom is 0.149 e. The Morgan fingerprint density at radius 2 is 2.12 bits per heavy atom. The molecule has 0 atom stereocenters. The summed E-state index contributed by atoms with van der Waals surface area (Å²) in [6, 6.07) is 8.40. The predicted octanol–water partition coefficient (Wildman–Crippen LogP) is 3.07. The summed E-state index contributed by atoms with van der Waals surface area (Å²) >= 11 is 5.82. The van der Waals surface area contributed by atoms with Crippen molar-refractivity contribution in [2.24, 2.45) is 0 Å². The number of aromatic nitrogens is 2. The number of rotatable bonds is 3. The van der Waals surface area contributed by atoms with Crippen molar-refractivity contribution in [2.75, 3.05) is 11.9 Å². The first-order valence-electron chi connectivity index (χ1n) is 5.39. The topological polar surface area (TPSA) is 29.0 Å². The summed E-state index contributed by atoms with van der Waals surface area (Å²) in [5.74, 6) is 0.777. The second-order valence-electron chi connectivity index (χ2n) is 4.05. The maximum absolute atomic E-state index is 5.82. The summed E-state index contributed by atoms with van der Waals surface area (Å²) in [4.78, 5) is 10.3. The van der Waals surface area contributed by atoms with Gasteiger partial charge in [0, 0.05) is 13.6 Å². The number of benzene rings is 1. The number of hydrogen-bond donors (Lipinski definition) is 0. The Morgan fingerprint density at radius 1 is 1.29 bits per heavy atom. The normalized spacial score (nSPS) is 10.3. The van der Waals surface area contributed by atoms with E-state index in [0.717, 1.165) is 12.4 Å². The Labute approximate surface area is 106 Å². The van der Waals surface area contributed by atoms with E-state index < -0.39 is 0 Å². The molecule has 0 radical (unpaired) electrons. The van der Waals surface area contributed by atoms with Gasteiger partial charge in [-0.1, -0.05) is 41.4 Å². The van der Waals surface area contributed by atoms with Crippen LogP contribution in [0, 0.1) is 6.92 Å². The summed E-state index contributed by atoms with van der Waals surface area (Å²) in [5, 5.41) is 0.415. The van der Waals surface area contributed by atoms with E-state index in [2.05, 4.69) is 41.2 Å². The van der Waals surface area contributed by atoms with Gasteiger partial charge in [0.15, 0.2) is 0 Å². The molecule has 1 heterocycles. The van der Waals surface area contributed by atoms with Gasteiger partial charge in [-0.3, -0.25) is 4.98 Å². The van der Waals surface area contributed by atoms with Crippen LogP contribution in [-0.4, -0.2) is 17.0 Å². The number of anilines is 1. The minimum atomic E-state index is 0.415. The maximum atomic E-state index is 5.82. The van der Waals surface area contributed by atoms with Gasteiger partial charge >= 0.3 is 0 Å². The van der Waals surface area contributed by atoms with Crippen LogP contribution < -0.4 is 4.90 Å². The number of hydrogen-bond acceptors (Lipinski definition) is 3. The predicted molar refractivity (Wildman–Crippen MR) is 70.3 cm³/mol. The monoisotopic (exact) mass is 247 g/mol. The SMILES string of the molecule is Cc1cccc(CN(C)c2cncc(Cl)n2)c1. The molecule has 17 heavy (non-hydrogen) atoms. The molecule has 2 rings (SSSR count). The van der Waals surface area contributed by atoms with Crippen molar-refractivity contribution in [1.82, 2.24) is 9.97 Å². The third-order valence-electron chi connectivity index (χ3n) is 2.49. The van der Waals surface area contributed by atoms with Gasteiger partial charge < -0.3 is 4.90 Å².